The monoisotopic (exact) mass is 443 g/mol. The third-order valence-corrected chi connectivity index (χ3v) is 5.42. The quantitative estimate of drug-likeness (QED) is 0.381. The number of ether oxygens (including phenoxy) is 2. The zero-order valence-corrected chi connectivity index (χ0v) is 19.2. The molecule has 1 atom stereocenters. The summed E-state index contributed by atoms with van der Waals surface area (Å²) in [5.41, 5.74) is 3.58. The number of carbonyl (C=O) groups is 1. The molecule has 3 aromatic carbocycles. The molecule has 1 N–H and O–H groups in total. The van der Waals surface area contributed by atoms with E-state index < -0.39 is 0 Å². The molecule has 6 nitrogen and oxygen atoms in total. The highest BCUT2D eigenvalue weighted by molar-refractivity contribution is 5.94. The molecular formula is C27H29N3O3. The van der Waals surface area contributed by atoms with Gasteiger partial charge in [-0.3, -0.25) is 4.79 Å². The van der Waals surface area contributed by atoms with E-state index in [4.69, 9.17) is 14.5 Å². The van der Waals surface area contributed by atoms with Crippen molar-refractivity contribution in [2.24, 2.45) is 0 Å². The highest BCUT2D eigenvalue weighted by Gasteiger charge is 2.19. The molecule has 0 spiro atoms. The number of amides is 1. The smallest absolute Gasteiger partial charge is 0.251 e. The van der Waals surface area contributed by atoms with Crippen molar-refractivity contribution in [2.75, 3.05) is 13.2 Å². The first kappa shape index (κ1) is 22.4. The lowest BCUT2D eigenvalue weighted by molar-refractivity contribution is 0.0937. The van der Waals surface area contributed by atoms with Gasteiger partial charge in [-0.15, -0.1) is 0 Å². The Labute approximate surface area is 194 Å². The molecule has 170 valence electrons. The Balaban J connectivity index is 1.54. The Kier molecular flexibility index (Phi) is 6.93. The summed E-state index contributed by atoms with van der Waals surface area (Å²) in [4.78, 5) is 17.6. The van der Waals surface area contributed by atoms with Crippen LogP contribution in [-0.4, -0.2) is 28.7 Å². The first-order valence-electron chi connectivity index (χ1n) is 11.2. The highest BCUT2D eigenvalue weighted by atomic mass is 16.5. The van der Waals surface area contributed by atoms with E-state index in [0.29, 0.717) is 31.1 Å². The van der Waals surface area contributed by atoms with Crippen molar-refractivity contribution in [3.63, 3.8) is 0 Å². The van der Waals surface area contributed by atoms with E-state index in [9.17, 15) is 4.79 Å². The number of fused-ring (bicyclic) bond motifs is 1. The summed E-state index contributed by atoms with van der Waals surface area (Å²) < 4.78 is 13.8. The van der Waals surface area contributed by atoms with Crippen LogP contribution in [0.5, 0.6) is 11.5 Å². The lowest BCUT2D eigenvalue weighted by atomic mass is 10.1. The van der Waals surface area contributed by atoms with Gasteiger partial charge >= 0.3 is 0 Å². The zero-order chi connectivity index (χ0) is 23.2. The predicted octanol–water partition coefficient (Wildman–Crippen LogP) is 5.31. The van der Waals surface area contributed by atoms with Crippen molar-refractivity contribution in [2.45, 2.75) is 33.4 Å². The third kappa shape index (κ3) is 5.17. The van der Waals surface area contributed by atoms with E-state index in [0.717, 1.165) is 28.2 Å². The number of aryl methyl sites for hydroxylation is 1. The Bertz CT molecular complexity index is 1250. The van der Waals surface area contributed by atoms with E-state index in [-0.39, 0.29) is 11.9 Å². The summed E-state index contributed by atoms with van der Waals surface area (Å²) in [5, 5.41) is 3.09. The van der Waals surface area contributed by atoms with Crippen LogP contribution in [0.15, 0.2) is 72.8 Å². The van der Waals surface area contributed by atoms with E-state index in [1.165, 1.54) is 0 Å². The summed E-state index contributed by atoms with van der Waals surface area (Å²) in [6.45, 7) is 7.49. The second-order valence-corrected chi connectivity index (χ2v) is 7.90. The molecule has 1 amide bonds. The van der Waals surface area contributed by atoms with E-state index in [2.05, 4.69) is 9.88 Å². The number of aromatic nitrogens is 2. The van der Waals surface area contributed by atoms with Gasteiger partial charge in [0.15, 0.2) is 11.5 Å². The first-order valence-corrected chi connectivity index (χ1v) is 11.2. The fourth-order valence-corrected chi connectivity index (χ4v) is 3.88. The molecule has 1 unspecified atom stereocenters. The summed E-state index contributed by atoms with van der Waals surface area (Å²) in [6.07, 6.45) is 0. The lowest BCUT2D eigenvalue weighted by Crippen LogP contribution is -2.29. The Hall–Kier alpha value is -3.80. The van der Waals surface area contributed by atoms with E-state index in [1.807, 2.05) is 93.6 Å². The molecule has 0 saturated heterocycles. The average Bonchev–Trinajstić information content (AvgIpc) is 3.19. The molecule has 1 aromatic heterocycles. The van der Waals surface area contributed by atoms with Gasteiger partial charge in [-0.05, 0) is 57.2 Å². The molecule has 0 bridgehead atoms. The maximum Gasteiger partial charge on any atom is 0.251 e. The number of hydrogen-bond donors (Lipinski definition) is 1. The zero-order valence-electron chi connectivity index (χ0n) is 19.2. The van der Waals surface area contributed by atoms with Crippen LogP contribution in [0.4, 0.5) is 0 Å². The van der Waals surface area contributed by atoms with Crippen LogP contribution in [-0.2, 0) is 6.54 Å². The third-order valence-electron chi connectivity index (χ3n) is 5.42. The number of carbonyl (C=O) groups excluding carboxylic acids is 1. The number of hydrogen-bond acceptors (Lipinski definition) is 4. The summed E-state index contributed by atoms with van der Waals surface area (Å²) >= 11 is 0. The molecule has 33 heavy (non-hydrogen) atoms. The maximum atomic E-state index is 12.8. The number of benzene rings is 3. The number of nitrogens with one attached hydrogen (secondary N) is 1. The van der Waals surface area contributed by atoms with E-state index in [1.54, 1.807) is 0 Å². The minimum Gasteiger partial charge on any atom is -0.490 e. The van der Waals surface area contributed by atoms with Gasteiger partial charge < -0.3 is 19.4 Å². The van der Waals surface area contributed by atoms with Crippen molar-refractivity contribution in [3.05, 3.63) is 89.7 Å². The van der Waals surface area contributed by atoms with Crippen LogP contribution in [0.25, 0.3) is 11.0 Å². The molecule has 0 radical (unpaired) electrons. The van der Waals surface area contributed by atoms with Crippen molar-refractivity contribution in [1.29, 1.82) is 0 Å². The molecule has 0 saturated carbocycles. The molecular weight excluding hydrogens is 414 g/mol. The van der Waals surface area contributed by atoms with Crippen LogP contribution in [0.1, 0.15) is 41.6 Å². The van der Waals surface area contributed by atoms with Crippen LogP contribution < -0.4 is 14.8 Å². The van der Waals surface area contributed by atoms with Gasteiger partial charge in [0.05, 0.1) is 30.2 Å². The largest absolute Gasteiger partial charge is 0.490 e. The topological polar surface area (TPSA) is 65.4 Å². The van der Waals surface area contributed by atoms with Gasteiger partial charge in [-0.1, -0.05) is 42.0 Å². The van der Waals surface area contributed by atoms with Gasteiger partial charge in [-0.2, -0.15) is 0 Å². The molecule has 0 aliphatic rings. The predicted molar refractivity (Wildman–Crippen MR) is 130 cm³/mol. The van der Waals surface area contributed by atoms with Crippen LogP contribution in [0.3, 0.4) is 0 Å². The van der Waals surface area contributed by atoms with Gasteiger partial charge in [0, 0.05) is 5.56 Å². The molecule has 0 aliphatic heterocycles. The average molecular weight is 444 g/mol. The molecule has 0 aliphatic carbocycles. The summed E-state index contributed by atoms with van der Waals surface area (Å²) in [5.74, 6) is 2.12. The van der Waals surface area contributed by atoms with Gasteiger partial charge in [0.1, 0.15) is 12.4 Å². The molecule has 4 aromatic rings. The SMILES string of the molecule is CCOc1ccccc1OCCn1c(C(C)NC(=O)c2cccc(C)c2)nc2ccccc21. The Morgan fingerprint density at radius 1 is 1.00 bits per heavy atom. The number of para-hydroxylation sites is 4. The van der Waals surface area contributed by atoms with Crippen molar-refractivity contribution < 1.29 is 14.3 Å². The normalized spacial score (nSPS) is 11.8. The molecule has 6 heteroatoms. The summed E-state index contributed by atoms with van der Waals surface area (Å²) in [7, 11) is 0. The lowest BCUT2D eigenvalue weighted by Gasteiger charge is -2.17. The maximum absolute atomic E-state index is 12.8. The van der Waals surface area contributed by atoms with Crippen LogP contribution >= 0.6 is 0 Å². The Morgan fingerprint density at radius 3 is 2.48 bits per heavy atom. The van der Waals surface area contributed by atoms with Crippen LogP contribution in [0, 0.1) is 6.92 Å². The second-order valence-electron chi connectivity index (χ2n) is 7.90. The van der Waals surface area contributed by atoms with Crippen molar-refractivity contribution in [1.82, 2.24) is 14.9 Å². The number of rotatable bonds is 9. The molecule has 4 rings (SSSR count). The van der Waals surface area contributed by atoms with E-state index >= 15 is 0 Å². The van der Waals surface area contributed by atoms with Gasteiger partial charge in [0.2, 0.25) is 0 Å². The molecule has 0 fully saturated rings. The molecule has 1 heterocycles. The fourth-order valence-electron chi connectivity index (χ4n) is 3.88. The first-order chi connectivity index (χ1) is 16.1. The minimum absolute atomic E-state index is 0.119. The van der Waals surface area contributed by atoms with Crippen molar-refractivity contribution >= 4 is 16.9 Å². The second kappa shape index (κ2) is 10.2. The Morgan fingerprint density at radius 2 is 1.73 bits per heavy atom. The minimum atomic E-state index is -0.277. The van der Waals surface area contributed by atoms with Gasteiger partial charge in [-0.25, -0.2) is 4.98 Å². The fraction of sp³-hybridized carbons (Fsp3) is 0.259. The summed E-state index contributed by atoms with van der Waals surface area (Å²) in [6, 6.07) is 22.9. The van der Waals surface area contributed by atoms with Crippen molar-refractivity contribution in [3.8, 4) is 11.5 Å². The standard InChI is InChI=1S/C27H29N3O3/c1-4-32-24-14-7-8-15-25(24)33-17-16-30-23-13-6-5-12-22(23)29-26(30)20(3)28-27(31)21-11-9-10-19(2)18-21/h5-15,18,20H,4,16-17H2,1-3H3,(H,28,31). The van der Waals surface area contributed by atoms with Crippen LogP contribution in [0.2, 0.25) is 0 Å². The number of imidazole rings is 1. The van der Waals surface area contributed by atoms with Gasteiger partial charge in [0.25, 0.3) is 5.91 Å². The highest BCUT2D eigenvalue weighted by Crippen LogP contribution is 2.27. The number of nitrogens with zero attached hydrogens (tertiary/aromatic N) is 2.